The van der Waals surface area contributed by atoms with Crippen LogP contribution in [0.3, 0.4) is 0 Å². The van der Waals surface area contributed by atoms with Crippen LogP contribution in [0.5, 0.6) is 0 Å². The van der Waals surface area contributed by atoms with E-state index in [-0.39, 0.29) is 0 Å². The lowest BCUT2D eigenvalue weighted by Gasteiger charge is -2.29. The van der Waals surface area contributed by atoms with E-state index in [1.807, 2.05) is 0 Å². The van der Waals surface area contributed by atoms with E-state index >= 15 is 0 Å². The lowest BCUT2D eigenvalue weighted by atomic mass is 9.91. The fourth-order valence-corrected chi connectivity index (χ4v) is 5.39. The molecule has 6 aromatic rings. The van der Waals surface area contributed by atoms with Crippen LogP contribution in [-0.2, 0) is 0 Å². The molecule has 0 aliphatic carbocycles. The van der Waals surface area contributed by atoms with E-state index in [1.54, 1.807) is 0 Å². The van der Waals surface area contributed by atoms with Crippen molar-refractivity contribution in [3.8, 4) is 11.1 Å². The van der Waals surface area contributed by atoms with Gasteiger partial charge < -0.3 is 4.90 Å². The maximum Gasteiger partial charge on any atom is 0.0549 e. The van der Waals surface area contributed by atoms with Gasteiger partial charge in [-0.2, -0.15) is 0 Å². The zero-order valence-electron chi connectivity index (χ0n) is 21.0. The third-order valence-electron chi connectivity index (χ3n) is 7.13. The molecular formula is C35H29N. The van der Waals surface area contributed by atoms with Gasteiger partial charge in [0.2, 0.25) is 0 Å². The zero-order valence-corrected chi connectivity index (χ0v) is 21.0. The molecule has 1 heteroatoms. The Labute approximate surface area is 213 Å². The van der Waals surface area contributed by atoms with E-state index in [0.29, 0.717) is 0 Å². The molecule has 0 atom stereocenters. The van der Waals surface area contributed by atoms with E-state index in [2.05, 4.69) is 147 Å². The molecule has 1 nitrogen and oxygen atoms in total. The Balaban J connectivity index is 1.72. The van der Waals surface area contributed by atoms with Gasteiger partial charge in [0.05, 0.1) is 5.69 Å². The second-order valence-corrected chi connectivity index (χ2v) is 9.65. The lowest BCUT2D eigenvalue weighted by molar-refractivity contribution is 1.27. The summed E-state index contributed by atoms with van der Waals surface area (Å²) >= 11 is 0. The Morgan fingerprint density at radius 3 is 2.00 bits per heavy atom. The SMILES string of the molecule is Cc1cccc(N(c2ccccc2)c2cc(C)c3ccccc3c2-c2ccc3c(C)cccc3c2)c1. The van der Waals surface area contributed by atoms with E-state index in [0.717, 1.165) is 11.4 Å². The predicted molar refractivity (Wildman–Crippen MR) is 156 cm³/mol. The Bertz CT molecular complexity index is 1710. The van der Waals surface area contributed by atoms with Gasteiger partial charge in [0.15, 0.2) is 0 Å². The van der Waals surface area contributed by atoms with Crippen molar-refractivity contribution in [1.29, 1.82) is 0 Å². The van der Waals surface area contributed by atoms with Crippen molar-refractivity contribution in [1.82, 2.24) is 0 Å². The van der Waals surface area contributed by atoms with Gasteiger partial charge in [0.25, 0.3) is 0 Å². The summed E-state index contributed by atoms with van der Waals surface area (Å²) in [5, 5.41) is 5.13. The minimum Gasteiger partial charge on any atom is -0.310 e. The Morgan fingerprint density at radius 2 is 1.19 bits per heavy atom. The maximum atomic E-state index is 2.40. The van der Waals surface area contributed by atoms with Crippen molar-refractivity contribution in [3.05, 3.63) is 138 Å². The van der Waals surface area contributed by atoms with E-state index in [9.17, 15) is 0 Å². The molecule has 0 spiro atoms. The molecule has 6 aromatic carbocycles. The average Bonchev–Trinajstić information content (AvgIpc) is 2.90. The number of para-hydroxylation sites is 1. The molecule has 0 bridgehead atoms. The van der Waals surface area contributed by atoms with Gasteiger partial charge in [0, 0.05) is 16.9 Å². The van der Waals surface area contributed by atoms with Crippen LogP contribution >= 0.6 is 0 Å². The van der Waals surface area contributed by atoms with Gasteiger partial charge in [-0.3, -0.25) is 0 Å². The van der Waals surface area contributed by atoms with Crippen LogP contribution in [0.15, 0.2) is 121 Å². The molecule has 36 heavy (non-hydrogen) atoms. The minimum atomic E-state index is 1.15. The van der Waals surface area contributed by atoms with Gasteiger partial charge in [-0.1, -0.05) is 84.9 Å². The largest absolute Gasteiger partial charge is 0.310 e. The molecule has 0 amide bonds. The normalized spacial score (nSPS) is 11.2. The number of anilines is 3. The predicted octanol–water partition coefficient (Wildman–Crippen LogP) is 10.1. The Hall–Kier alpha value is -4.36. The summed E-state index contributed by atoms with van der Waals surface area (Å²) in [6, 6.07) is 44.1. The van der Waals surface area contributed by atoms with Gasteiger partial charge >= 0.3 is 0 Å². The fourth-order valence-electron chi connectivity index (χ4n) is 5.39. The Morgan fingerprint density at radius 1 is 0.472 bits per heavy atom. The molecule has 0 aliphatic heterocycles. The first-order chi connectivity index (χ1) is 17.6. The van der Waals surface area contributed by atoms with Crippen molar-refractivity contribution in [2.75, 3.05) is 4.90 Å². The summed E-state index contributed by atoms with van der Waals surface area (Å²) in [5.41, 5.74) is 9.80. The van der Waals surface area contributed by atoms with Gasteiger partial charge in [-0.15, -0.1) is 0 Å². The molecule has 0 radical (unpaired) electrons. The number of rotatable bonds is 4. The molecule has 0 saturated heterocycles. The number of hydrogen-bond acceptors (Lipinski definition) is 1. The van der Waals surface area contributed by atoms with Gasteiger partial charge in [-0.25, -0.2) is 0 Å². The summed E-state index contributed by atoms with van der Waals surface area (Å²) < 4.78 is 0. The number of nitrogens with zero attached hydrogens (tertiary/aromatic N) is 1. The zero-order chi connectivity index (χ0) is 24.6. The number of fused-ring (bicyclic) bond motifs is 2. The highest BCUT2D eigenvalue weighted by Gasteiger charge is 2.21. The van der Waals surface area contributed by atoms with E-state index in [4.69, 9.17) is 0 Å². The number of hydrogen-bond donors (Lipinski definition) is 0. The van der Waals surface area contributed by atoms with Crippen LogP contribution in [0.25, 0.3) is 32.7 Å². The highest BCUT2D eigenvalue weighted by atomic mass is 15.1. The van der Waals surface area contributed by atoms with E-state index < -0.39 is 0 Å². The standard InChI is InChI=1S/C35H29N/c1-24-11-9-16-30(21-24)36(29-14-5-4-6-15-29)34-22-26(3)32-17-7-8-18-33(32)35(34)28-19-20-31-25(2)12-10-13-27(31)23-28/h4-23H,1-3H3. The van der Waals surface area contributed by atoms with Gasteiger partial charge in [0.1, 0.15) is 0 Å². The summed E-state index contributed by atoms with van der Waals surface area (Å²) in [6.45, 7) is 6.56. The topological polar surface area (TPSA) is 3.24 Å². The van der Waals surface area contributed by atoms with Crippen molar-refractivity contribution in [2.24, 2.45) is 0 Å². The quantitative estimate of drug-likeness (QED) is 0.251. The van der Waals surface area contributed by atoms with Gasteiger partial charge in [-0.05, 0) is 101 Å². The third kappa shape index (κ3) is 3.83. The second-order valence-electron chi connectivity index (χ2n) is 9.65. The van der Waals surface area contributed by atoms with Crippen molar-refractivity contribution >= 4 is 38.6 Å². The molecule has 0 saturated carbocycles. The molecule has 0 fully saturated rings. The monoisotopic (exact) mass is 463 g/mol. The molecule has 0 aromatic heterocycles. The fraction of sp³-hybridized carbons (Fsp3) is 0.0857. The first-order valence-corrected chi connectivity index (χ1v) is 12.5. The Kier molecular flexibility index (Phi) is 5.54. The molecular weight excluding hydrogens is 434 g/mol. The van der Waals surface area contributed by atoms with Crippen LogP contribution in [-0.4, -0.2) is 0 Å². The first kappa shape index (κ1) is 22.1. The van der Waals surface area contributed by atoms with Crippen LogP contribution in [0.4, 0.5) is 17.1 Å². The number of aryl methyl sites for hydroxylation is 3. The number of benzene rings is 6. The first-order valence-electron chi connectivity index (χ1n) is 12.5. The third-order valence-corrected chi connectivity index (χ3v) is 7.13. The molecule has 6 rings (SSSR count). The molecule has 0 unspecified atom stereocenters. The van der Waals surface area contributed by atoms with Crippen LogP contribution < -0.4 is 4.90 Å². The summed E-state index contributed by atoms with van der Waals surface area (Å²) in [4.78, 5) is 2.40. The minimum absolute atomic E-state index is 1.15. The van der Waals surface area contributed by atoms with Crippen LogP contribution in [0, 0.1) is 20.8 Å². The maximum absolute atomic E-state index is 2.40. The highest BCUT2D eigenvalue weighted by Crippen LogP contribution is 2.46. The average molecular weight is 464 g/mol. The van der Waals surface area contributed by atoms with Crippen molar-refractivity contribution in [3.63, 3.8) is 0 Å². The van der Waals surface area contributed by atoms with Crippen LogP contribution in [0.2, 0.25) is 0 Å². The smallest absolute Gasteiger partial charge is 0.0549 e. The lowest BCUT2D eigenvalue weighted by Crippen LogP contribution is -2.12. The molecule has 0 N–H and O–H groups in total. The van der Waals surface area contributed by atoms with Crippen molar-refractivity contribution < 1.29 is 0 Å². The molecule has 0 aliphatic rings. The summed E-state index contributed by atoms with van der Waals surface area (Å²) in [6.07, 6.45) is 0. The second kappa shape index (κ2) is 9.02. The summed E-state index contributed by atoms with van der Waals surface area (Å²) in [5.74, 6) is 0. The highest BCUT2D eigenvalue weighted by molar-refractivity contribution is 6.08. The van der Waals surface area contributed by atoms with Crippen molar-refractivity contribution in [2.45, 2.75) is 20.8 Å². The van der Waals surface area contributed by atoms with E-state index in [1.165, 1.54) is 55.0 Å². The summed E-state index contributed by atoms with van der Waals surface area (Å²) in [7, 11) is 0. The van der Waals surface area contributed by atoms with Crippen LogP contribution in [0.1, 0.15) is 16.7 Å². The molecule has 174 valence electrons. The molecule has 0 heterocycles.